The van der Waals surface area contributed by atoms with Crippen molar-refractivity contribution < 1.29 is 9.18 Å². The normalized spacial score (nSPS) is 22.4. The van der Waals surface area contributed by atoms with Gasteiger partial charge in [-0.15, -0.1) is 0 Å². The monoisotopic (exact) mass is 289 g/mol. The first kappa shape index (κ1) is 14.0. The zero-order valence-corrected chi connectivity index (χ0v) is 12.4. The second-order valence-corrected chi connectivity index (χ2v) is 5.96. The van der Waals surface area contributed by atoms with Crippen LogP contribution in [-0.2, 0) is 0 Å². The van der Waals surface area contributed by atoms with Crippen molar-refractivity contribution in [2.24, 2.45) is 5.92 Å². The largest absolute Gasteiger partial charge is 0.348 e. The third kappa shape index (κ3) is 2.64. The Kier molecular flexibility index (Phi) is 3.66. The van der Waals surface area contributed by atoms with Crippen molar-refractivity contribution in [2.45, 2.75) is 45.6 Å². The second-order valence-electron chi connectivity index (χ2n) is 5.96. The average molecular weight is 289 g/mol. The molecule has 21 heavy (non-hydrogen) atoms. The van der Waals surface area contributed by atoms with Crippen LogP contribution >= 0.6 is 0 Å². The van der Waals surface area contributed by atoms with E-state index in [0.29, 0.717) is 23.0 Å². The fourth-order valence-corrected chi connectivity index (χ4v) is 3.18. The summed E-state index contributed by atoms with van der Waals surface area (Å²) in [6.45, 7) is 3.95. The van der Waals surface area contributed by atoms with Crippen LogP contribution in [0.1, 0.15) is 48.8 Å². The molecular weight excluding hydrogens is 269 g/mol. The van der Waals surface area contributed by atoms with E-state index in [1.54, 1.807) is 13.0 Å². The van der Waals surface area contributed by atoms with Gasteiger partial charge in [0.25, 0.3) is 5.91 Å². The standard InChI is InChI=1S/C16H20FN3O/c1-10-5-3-4-6-13(10)19-16(21)15-11(2)18-14-8-7-12(17)9-20(14)15/h7-10,13H,3-6H2,1-2H3,(H,19,21). The molecule has 1 saturated carbocycles. The van der Waals surface area contributed by atoms with Gasteiger partial charge in [-0.25, -0.2) is 9.37 Å². The molecule has 3 rings (SSSR count). The topological polar surface area (TPSA) is 46.4 Å². The lowest BCUT2D eigenvalue weighted by atomic mass is 9.86. The molecule has 0 aliphatic heterocycles. The Bertz CT molecular complexity index is 679. The molecule has 4 nitrogen and oxygen atoms in total. The first-order chi connectivity index (χ1) is 10.1. The van der Waals surface area contributed by atoms with Gasteiger partial charge < -0.3 is 5.32 Å². The fourth-order valence-electron chi connectivity index (χ4n) is 3.18. The number of carbonyl (C=O) groups is 1. The molecule has 2 heterocycles. The van der Waals surface area contributed by atoms with Crippen molar-refractivity contribution >= 4 is 11.6 Å². The molecule has 2 aromatic heterocycles. The van der Waals surface area contributed by atoms with E-state index in [1.165, 1.54) is 23.1 Å². The smallest absolute Gasteiger partial charge is 0.270 e. The van der Waals surface area contributed by atoms with E-state index in [9.17, 15) is 9.18 Å². The van der Waals surface area contributed by atoms with Gasteiger partial charge in [-0.2, -0.15) is 0 Å². The molecule has 0 radical (unpaired) electrons. The lowest BCUT2D eigenvalue weighted by Gasteiger charge is -2.29. The summed E-state index contributed by atoms with van der Waals surface area (Å²) in [5, 5.41) is 3.10. The zero-order valence-electron chi connectivity index (χ0n) is 12.4. The molecule has 1 fully saturated rings. The number of hydrogen-bond acceptors (Lipinski definition) is 2. The predicted octanol–water partition coefficient (Wildman–Crippen LogP) is 3.09. The van der Waals surface area contributed by atoms with Crippen LogP contribution in [0.3, 0.4) is 0 Å². The minimum atomic E-state index is -0.375. The van der Waals surface area contributed by atoms with Gasteiger partial charge >= 0.3 is 0 Å². The van der Waals surface area contributed by atoms with Gasteiger partial charge in [-0.1, -0.05) is 19.8 Å². The molecule has 1 amide bonds. The summed E-state index contributed by atoms with van der Waals surface area (Å²) >= 11 is 0. The van der Waals surface area contributed by atoms with Gasteiger partial charge in [-0.05, 0) is 37.8 Å². The molecule has 2 unspecified atom stereocenters. The van der Waals surface area contributed by atoms with Crippen LogP contribution in [0.5, 0.6) is 0 Å². The van der Waals surface area contributed by atoms with Gasteiger partial charge in [0, 0.05) is 12.2 Å². The summed E-state index contributed by atoms with van der Waals surface area (Å²) in [5.41, 5.74) is 1.65. The number of rotatable bonds is 2. The van der Waals surface area contributed by atoms with Crippen LogP contribution < -0.4 is 5.32 Å². The number of amides is 1. The van der Waals surface area contributed by atoms with Gasteiger partial charge in [0.05, 0.1) is 5.69 Å². The third-order valence-corrected chi connectivity index (χ3v) is 4.40. The van der Waals surface area contributed by atoms with Gasteiger partial charge in [0.1, 0.15) is 17.2 Å². The molecule has 1 aliphatic rings. The van der Waals surface area contributed by atoms with E-state index < -0.39 is 0 Å². The lowest BCUT2D eigenvalue weighted by molar-refractivity contribution is 0.0903. The van der Waals surface area contributed by atoms with Crippen LogP contribution in [0, 0.1) is 18.7 Å². The number of carbonyl (C=O) groups excluding carboxylic acids is 1. The summed E-state index contributed by atoms with van der Waals surface area (Å²) in [6.07, 6.45) is 5.85. The number of aryl methyl sites for hydroxylation is 1. The molecule has 0 saturated heterocycles. The molecule has 5 heteroatoms. The average Bonchev–Trinajstić information content (AvgIpc) is 2.76. The highest BCUT2D eigenvalue weighted by Crippen LogP contribution is 2.24. The number of aromatic nitrogens is 2. The number of nitrogens with one attached hydrogen (secondary N) is 1. The molecule has 2 atom stereocenters. The fraction of sp³-hybridized carbons (Fsp3) is 0.500. The number of pyridine rings is 1. The molecule has 0 bridgehead atoms. The molecule has 112 valence electrons. The number of hydrogen-bond donors (Lipinski definition) is 1. The quantitative estimate of drug-likeness (QED) is 0.923. The van der Waals surface area contributed by atoms with Gasteiger partial charge in [0.15, 0.2) is 0 Å². The number of fused-ring (bicyclic) bond motifs is 1. The number of imidazole rings is 1. The highest BCUT2D eigenvalue weighted by molar-refractivity contribution is 5.94. The van der Waals surface area contributed by atoms with Crippen molar-refractivity contribution in [3.63, 3.8) is 0 Å². The van der Waals surface area contributed by atoms with E-state index in [0.717, 1.165) is 19.3 Å². The predicted molar refractivity (Wildman–Crippen MR) is 78.8 cm³/mol. The highest BCUT2D eigenvalue weighted by atomic mass is 19.1. The molecular formula is C16H20FN3O. The summed E-state index contributed by atoms with van der Waals surface area (Å²) in [6, 6.07) is 3.14. The Morgan fingerprint density at radius 1 is 1.38 bits per heavy atom. The lowest BCUT2D eigenvalue weighted by Crippen LogP contribution is -2.41. The Morgan fingerprint density at radius 3 is 2.90 bits per heavy atom. The summed E-state index contributed by atoms with van der Waals surface area (Å²) in [5.74, 6) is -0.0525. The zero-order chi connectivity index (χ0) is 15.0. The summed E-state index contributed by atoms with van der Waals surface area (Å²) < 4.78 is 15.0. The van der Waals surface area contributed by atoms with Crippen LogP contribution in [0.25, 0.3) is 5.65 Å². The maximum Gasteiger partial charge on any atom is 0.270 e. The number of nitrogens with zero attached hydrogens (tertiary/aromatic N) is 2. The van der Waals surface area contributed by atoms with Gasteiger partial charge in [0.2, 0.25) is 0 Å². The minimum absolute atomic E-state index is 0.163. The van der Waals surface area contributed by atoms with Gasteiger partial charge in [-0.3, -0.25) is 9.20 Å². The van der Waals surface area contributed by atoms with Crippen LogP contribution in [-0.4, -0.2) is 21.3 Å². The minimum Gasteiger partial charge on any atom is -0.348 e. The Morgan fingerprint density at radius 2 is 2.14 bits per heavy atom. The summed E-state index contributed by atoms with van der Waals surface area (Å²) in [7, 11) is 0. The third-order valence-electron chi connectivity index (χ3n) is 4.40. The second kappa shape index (κ2) is 5.47. The molecule has 1 aliphatic carbocycles. The maximum atomic E-state index is 13.4. The maximum absolute atomic E-state index is 13.4. The van der Waals surface area contributed by atoms with Crippen LogP contribution in [0.2, 0.25) is 0 Å². The Labute approximate surface area is 123 Å². The molecule has 1 N–H and O–H groups in total. The Balaban J connectivity index is 1.90. The first-order valence-corrected chi connectivity index (χ1v) is 7.51. The highest BCUT2D eigenvalue weighted by Gasteiger charge is 2.25. The van der Waals surface area contributed by atoms with E-state index in [4.69, 9.17) is 0 Å². The van der Waals surface area contributed by atoms with Crippen molar-refractivity contribution in [1.82, 2.24) is 14.7 Å². The van der Waals surface area contributed by atoms with Crippen molar-refractivity contribution in [3.8, 4) is 0 Å². The van der Waals surface area contributed by atoms with Crippen LogP contribution in [0.4, 0.5) is 4.39 Å². The summed E-state index contributed by atoms with van der Waals surface area (Å²) in [4.78, 5) is 16.9. The molecule has 2 aromatic rings. The Hall–Kier alpha value is -1.91. The van der Waals surface area contributed by atoms with E-state index in [1.807, 2.05) is 0 Å². The van der Waals surface area contributed by atoms with Crippen molar-refractivity contribution in [1.29, 1.82) is 0 Å². The van der Waals surface area contributed by atoms with E-state index in [-0.39, 0.29) is 17.8 Å². The van der Waals surface area contributed by atoms with E-state index in [2.05, 4.69) is 17.2 Å². The first-order valence-electron chi connectivity index (χ1n) is 7.51. The molecule has 0 aromatic carbocycles. The van der Waals surface area contributed by atoms with Crippen molar-refractivity contribution in [2.75, 3.05) is 0 Å². The molecule has 0 spiro atoms. The van der Waals surface area contributed by atoms with E-state index >= 15 is 0 Å². The van der Waals surface area contributed by atoms with Crippen molar-refractivity contribution in [3.05, 3.63) is 35.5 Å². The SMILES string of the molecule is Cc1nc2ccc(F)cn2c1C(=O)NC1CCCCC1C. The number of halogens is 1. The van der Waals surface area contributed by atoms with Crippen LogP contribution in [0.15, 0.2) is 18.3 Å².